The number of carbonyl (C=O) groups is 3. The third-order valence-corrected chi connectivity index (χ3v) is 5.12. The minimum Gasteiger partial charge on any atom is -0.385 e. The van der Waals surface area contributed by atoms with Gasteiger partial charge in [0.1, 0.15) is 5.70 Å². The van der Waals surface area contributed by atoms with Crippen LogP contribution in [-0.2, 0) is 19.1 Å². The van der Waals surface area contributed by atoms with E-state index in [1.54, 1.807) is 43.5 Å². The van der Waals surface area contributed by atoms with Gasteiger partial charge in [0, 0.05) is 49.1 Å². The van der Waals surface area contributed by atoms with Gasteiger partial charge in [-0.05, 0) is 42.8 Å². The molecule has 0 saturated carbocycles. The number of amides is 3. The van der Waals surface area contributed by atoms with Crippen LogP contribution < -0.4 is 10.6 Å². The lowest BCUT2D eigenvalue weighted by atomic mass is 10.0. The first kappa shape index (κ1) is 22.8. The Bertz CT molecular complexity index is 1050. The van der Waals surface area contributed by atoms with E-state index in [0.717, 1.165) is 0 Å². The van der Waals surface area contributed by atoms with Gasteiger partial charge in [-0.1, -0.05) is 29.3 Å². The van der Waals surface area contributed by atoms with Gasteiger partial charge in [-0.15, -0.1) is 0 Å². The van der Waals surface area contributed by atoms with Crippen LogP contribution in [0, 0.1) is 0 Å². The van der Waals surface area contributed by atoms with Crippen LogP contribution >= 0.6 is 23.2 Å². The van der Waals surface area contributed by atoms with Crippen molar-refractivity contribution in [3.8, 4) is 0 Å². The smallest absolute Gasteiger partial charge is 0.278 e. The summed E-state index contributed by atoms with van der Waals surface area (Å²) in [6.45, 7) is 2.05. The number of nitrogens with zero attached hydrogens (tertiary/aromatic N) is 1. The maximum atomic E-state index is 13.2. The van der Waals surface area contributed by atoms with Gasteiger partial charge in [-0.25, -0.2) is 0 Å². The SMILES string of the molecule is COCCCN1C(=O)C(Nc2ccc(NC(C)=O)cc2)=C(c2ccc(Cl)cc2Cl)C1=O. The molecule has 162 valence electrons. The van der Waals surface area contributed by atoms with Gasteiger partial charge in [-0.2, -0.15) is 0 Å². The predicted octanol–water partition coefficient (Wildman–Crippen LogP) is 4.18. The topological polar surface area (TPSA) is 87.7 Å². The summed E-state index contributed by atoms with van der Waals surface area (Å²) in [6.07, 6.45) is 0.508. The number of anilines is 2. The van der Waals surface area contributed by atoms with Crippen molar-refractivity contribution in [2.45, 2.75) is 13.3 Å². The highest BCUT2D eigenvalue weighted by Crippen LogP contribution is 2.35. The van der Waals surface area contributed by atoms with Crippen LogP contribution in [0.1, 0.15) is 18.9 Å². The second-order valence-electron chi connectivity index (χ2n) is 6.87. The van der Waals surface area contributed by atoms with Crippen molar-refractivity contribution < 1.29 is 19.1 Å². The zero-order chi connectivity index (χ0) is 22.5. The minimum atomic E-state index is -0.451. The van der Waals surface area contributed by atoms with Crippen LogP contribution in [0.25, 0.3) is 5.57 Å². The van der Waals surface area contributed by atoms with Gasteiger partial charge >= 0.3 is 0 Å². The molecule has 31 heavy (non-hydrogen) atoms. The molecule has 0 fully saturated rings. The van der Waals surface area contributed by atoms with Crippen LogP contribution in [0.5, 0.6) is 0 Å². The standard InChI is InChI=1S/C22H21Cl2N3O4/c1-13(28)25-15-5-7-16(8-6-15)26-20-19(17-9-4-14(23)12-18(17)24)21(29)27(22(20)30)10-3-11-31-2/h4-9,12,26H,3,10-11H2,1-2H3,(H,25,28). The molecule has 0 unspecified atom stereocenters. The molecule has 0 aliphatic carbocycles. The number of ether oxygens (including phenoxy) is 1. The average Bonchev–Trinajstić information content (AvgIpc) is 2.94. The summed E-state index contributed by atoms with van der Waals surface area (Å²) in [5.41, 5.74) is 1.90. The zero-order valence-electron chi connectivity index (χ0n) is 17.0. The van der Waals surface area contributed by atoms with E-state index < -0.39 is 11.8 Å². The van der Waals surface area contributed by atoms with E-state index in [9.17, 15) is 14.4 Å². The van der Waals surface area contributed by atoms with Crippen molar-refractivity contribution in [3.05, 3.63) is 63.8 Å². The van der Waals surface area contributed by atoms with Crippen LogP contribution in [0.3, 0.4) is 0 Å². The van der Waals surface area contributed by atoms with E-state index in [1.807, 2.05) is 0 Å². The molecule has 0 atom stereocenters. The number of carbonyl (C=O) groups excluding carboxylic acids is 3. The fourth-order valence-corrected chi connectivity index (χ4v) is 3.69. The third-order valence-electron chi connectivity index (χ3n) is 4.57. The fraction of sp³-hybridized carbons (Fsp3) is 0.227. The molecule has 1 aliphatic rings. The maximum absolute atomic E-state index is 13.2. The molecular weight excluding hydrogens is 441 g/mol. The van der Waals surface area contributed by atoms with E-state index in [4.69, 9.17) is 27.9 Å². The van der Waals surface area contributed by atoms with Crippen LogP contribution in [-0.4, -0.2) is 42.9 Å². The molecule has 3 amide bonds. The fourth-order valence-electron chi connectivity index (χ4n) is 3.19. The number of rotatable bonds is 8. The molecule has 2 aromatic carbocycles. The lowest BCUT2D eigenvalue weighted by molar-refractivity contribution is -0.137. The van der Waals surface area contributed by atoms with Crippen molar-refractivity contribution in [1.82, 2.24) is 4.90 Å². The van der Waals surface area contributed by atoms with E-state index in [0.29, 0.717) is 35.0 Å². The highest BCUT2D eigenvalue weighted by molar-refractivity contribution is 6.41. The molecule has 7 nitrogen and oxygen atoms in total. The summed E-state index contributed by atoms with van der Waals surface area (Å²) in [4.78, 5) is 38.6. The largest absolute Gasteiger partial charge is 0.385 e. The van der Waals surface area contributed by atoms with Crippen LogP contribution in [0.2, 0.25) is 10.0 Å². The lowest BCUT2D eigenvalue weighted by Crippen LogP contribution is -2.33. The molecule has 0 spiro atoms. The molecule has 2 N–H and O–H groups in total. The number of hydrogen-bond acceptors (Lipinski definition) is 5. The predicted molar refractivity (Wildman–Crippen MR) is 121 cm³/mol. The number of benzene rings is 2. The monoisotopic (exact) mass is 461 g/mol. The molecule has 0 aromatic heterocycles. The van der Waals surface area contributed by atoms with E-state index in [-0.39, 0.29) is 28.7 Å². The Labute approximate surface area is 190 Å². The summed E-state index contributed by atoms with van der Waals surface area (Å²) in [5, 5.41) is 6.41. The van der Waals surface area contributed by atoms with Gasteiger partial charge < -0.3 is 15.4 Å². The summed E-state index contributed by atoms with van der Waals surface area (Å²) < 4.78 is 5.03. The highest BCUT2D eigenvalue weighted by atomic mass is 35.5. The molecule has 1 heterocycles. The Morgan fingerprint density at radius 3 is 2.32 bits per heavy atom. The Balaban J connectivity index is 1.97. The molecule has 2 aromatic rings. The number of methoxy groups -OCH3 is 1. The van der Waals surface area contributed by atoms with Crippen molar-refractivity contribution in [2.24, 2.45) is 0 Å². The normalized spacial score (nSPS) is 13.7. The second kappa shape index (κ2) is 9.96. The average molecular weight is 462 g/mol. The quantitative estimate of drug-likeness (QED) is 0.454. The number of nitrogens with one attached hydrogen (secondary N) is 2. The van der Waals surface area contributed by atoms with E-state index in [2.05, 4.69) is 10.6 Å². The van der Waals surface area contributed by atoms with Gasteiger partial charge in [0.05, 0.1) is 10.6 Å². The summed E-state index contributed by atoms with van der Waals surface area (Å²) in [7, 11) is 1.56. The molecular formula is C22H21Cl2N3O4. The minimum absolute atomic E-state index is 0.124. The Hall–Kier alpha value is -2.87. The Morgan fingerprint density at radius 1 is 1.03 bits per heavy atom. The van der Waals surface area contributed by atoms with E-state index in [1.165, 1.54) is 17.9 Å². The third kappa shape index (κ3) is 5.25. The van der Waals surface area contributed by atoms with Crippen molar-refractivity contribution in [2.75, 3.05) is 30.9 Å². The molecule has 3 rings (SSSR count). The molecule has 0 bridgehead atoms. The molecule has 0 radical (unpaired) electrons. The molecule has 1 aliphatic heterocycles. The first-order valence-corrected chi connectivity index (χ1v) is 10.3. The number of halogens is 2. The zero-order valence-corrected chi connectivity index (χ0v) is 18.5. The van der Waals surface area contributed by atoms with Gasteiger partial charge in [-0.3, -0.25) is 19.3 Å². The first-order valence-electron chi connectivity index (χ1n) is 9.51. The second-order valence-corrected chi connectivity index (χ2v) is 7.71. The summed E-state index contributed by atoms with van der Waals surface area (Å²) in [5.74, 6) is -1.08. The maximum Gasteiger partial charge on any atom is 0.278 e. The van der Waals surface area contributed by atoms with Crippen molar-refractivity contribution in [1.29, 1.82) is 0 Å². The van der Waals surface area contributed by atoms with Gasteiger partial charge in [0.2, 0.25) is 5.91 Å². The van der Waals surface area contributed by atoms with Crippen molar-refractivity contribution in [3.63, 3.8) is 0 Å². The van der Waals surface area contributed by atoms with E-state index >= 15 is 0 Å². The number of imide groups is 1. The Morgan fingerprint density at radius 2 is 1.71 bits per heavy atom. The Kier molecular flexibility index (Phi) is 7.33. The van der Waals surface area contributed by atoms with Gasteiger partial charge in [0.25, 0.3) is 11.8 Å². The highest BCUT2D eigenvalue weighted by Gasteiger charge is 2.39. The lowest BCUT2D eigenvalue weighted by Gasteiger charge is -2.15. The van der Waals surface area contributed by atoms with Crippen LogP contribution in [0.15, 0.2) is 48.2 Å². The number of hydrogen-bond donors (Lipinski definition) is 2. The molecule has 0 saturated heterocycles. The van der Waals surface area contributed by atoms with Crippen molar-refractivity contribution >= 4 is 57.9 Å². The van der Waals surface area contributed by atoms with Crippen LogP contribution in [0.4, 0.5) is 11.4 Å². The molecule has 9 heteroatoms. The first-order chi connectivity index (χ1) is 14.8. The summed E-state index contributed by atoms with van der Waals surface area (Å²) in [6, 6.07) is 11.5. The summed E-state index contributed by atoms with van der Waals surface area (Å²) >= 11 is 12.3. The van der Waals surface area contributed by atoms with Gasteiger partial charge in [0.15, 0.2) is 0 Å².